The first-order valence-electron chi connectivity index (χ1n) is 21.1. The summed E-state index contributed by atoms with van der Waals surface area (Å²) in [6.45, 7) is 10.6. The Morgan fingerprint density at radius 1 is 0.350 bits per heavy atom. The van der Waals surface area contributed by atoms with E-state index >= 15 is 0 Å². The molecule has 0 aliphatic heterocycles. The van der Waals surface area contributed by atoms with Crippen LogP contribution < -0.4 is 9.80 Å². The predicted octanol–water partition coefficient (Wildman–Crippen LogP) is 15.7. The summed E-state index contributed by atoms with van der Waals surface area (Å²) in [6.07, 6.45) is 4.53. The maximum atomic E-state index is 2.44. The van der Waals surface area contributed by atoms with Gasteiger partial charge in [-0.1, -0.05) is 84.9 Å². The molecule has 60 heavy (non-hydrogen) atoms. The van der Waals surface area contributed by atoms with Crippen LogP contribution in [0.1, 0.15) is 36.1 Å². The van der Waals surface area contributed by atoms with Crippen LogP contribution in [0.15, 0.2) is 182 Å². The average Bonchev–Trinajstić information content (AvgIpc) is 3.77. The lowest BCUT2D eigenvalue weighted by Crippen LogP contribution is -2.09. The number of aryl methyl sites for hydroxylation is 4. The Bertz CT molecular complexity index is 2990. The van der Waals surface area contributed by atoms with Crippen LogP contribution in [0.3, 0.4) is 0 Å². The van der Waals surface area contributed by atoms with Crippen molar-refractivity contribution in [2.75, 3.05) is 9.80 Å². The van der Waals surface area contributed by atoms with Crippen molar-refractivity contribution in [3.63, 3.8) is 0 Å². The second-order valence-corrected chi connectivity index (χ2v) is 15.8. The van der Waals surface area contributed by atoms with E-state index in [1.165, 1.54) is 65.9 Å². The van der Waals surface area contributed by atoms with Crippen molar-refractivity contribution in [2.45, 2.75) is 40.8 Å². The SMILES string of the molecule is CCn1c2ccc(/C=C/c3ccc4c(c3)c3cc(N(c5ccccc5)c5cccc(C)c5)ccc3n4CC)cc2c2cc(N(c3ccccc3)c3cccc(C)c3)ccc21. The van der Waals surface area contributed by atoms with Gasteiger partial charge in [-0.3, -0.25) is 0 Å². The first-order chi connectivity index (χ1) is 29.5. The number of anilines is 6. The minimum atomic E-state index is 0.899. The molecule has 0 fully saturated rings. The fraction of sp³-hybridized carbons (Fsp3) is 0.107. The van der Waals surface area contributed by atoms with Gasteiger partial charge >= 0.3 is 0 Å². The highest BCUT2D eigenvalue weighted by atomic mass is 15.1. The quantitative estimate of drug-likeness (QED) is 0.129. The number of rotatable bonds is 10. The van der Waals surface area contributed by atoms with Crippen LogP contribution >= 0.6 is 0 Å². The minimum absolute atomic E-state index is 0.899. The fourth-order valence-corrected chi connectivity index (χ4v) is 9.16. The van der Waals surface area contributed by atoms with E-state index in [4.69, 9.17) is 0 Å². The molecule has 0 aliphatic rings. The fourth-order valence-electron chi connectivity index (χ4n) is 9.16. The highest BCUT2D eigenvalue weighted by Crippen LogP contribution is 2.41. The summed E-state index contributed by atoms with van der Waals surface area (Å²) in [5.41, 5.74) is 16.7. The predicted molar refractivity (Wildman–Crippen MR) is 258 cm³/mol. The Morgan fingerprint density at radius 3 is 1.08 bits per heavy atom. The third-order valence-electron chi connectivity index (χ3n) is 11.9. The van der Waals surface area contributed by atoms with Crippen molar-refractivity contribution < 1.29 is 0 Å². The van der Waals surface area contributed by atoms with Gasteiger partial charge in [0.25, 0.3) is 0 Å². The lowest BCUT2D eigenvalue weighted by atomic mass is 10.0. The zero-order valence-electron chi connectivity index (χ0n) is 34.7. The molecule has 10 aromatic rings. The standard InChI is InChI=1S/C56H48N4/c1-5-57-53-29-25-41(35-49(53)51-37-47(27-31-55(51)57)59(43-17-9-7-10-18-43)45-21-13-15-39(3)33-45)23-24-42-26-30-54-50(36-42)52-38-48(28-32-56(52)58(54)6-2)60(44-19-11-8-12-20-44)46-22-14-16-40(4)34-46/h7-38H,5-6H2,1-4H3/b24-23+. The topological polar surface area (TPSA) is 16.3 Å². The molecule has 4 heteroatoms. The highest BCUT2D eigenvalue weighted by molar-refractivity contribution is 6.12. The monoisotopic (exact) mass is 776 g/mol. The molecule has 2 aromatic heterocycles. The summed E-state index contributed by atoms with van der Waals surface area (Å²) < 4.78 is 4.87. The number of hydrogen-bond donors (Lipinski definition) is 0. The van der Waals surface area contributed by atoms with Gasteiger partial charge < -0.3 is 18.9 Å². The van der Waals surface area contributed by atoms with E-state index in [-0.39, 0.29) is 0 Å². The first kappa shape index (κ1) is 37.0. The van der Waals surface area contributed by atoms with E-state index in [1.807, 2.05) is 0 Å². The average molecular weight is 777 g/mol. The molecular weight excluding hydrogens is 729 g/mol. The van der Waals surface area contributed by atoms with Gasteiger partial charge in [0.1, 0.15) is 0 Å². The second-order valence-electron chi connectivity index (χ2n) is 15.8. The van der Waals surface area contributed by atoms with Crippen LogP contribution in [0.4, 0.5) is 34.1 Å². The van der Waals surface area contributed by atoms with E-state index in [2.05, 4.69) is 241 Å². The summed E-state index contributed by atoms with van der Waals surface area (Å²) >= 11 is 0. The Hall–Kier alpha value is -7.30. The van der Waals surface area contributed by atoms with Gasteiger partial charge in [0, 0.05) is 90.8 Å². The smallest absolute Gasteiger partial charge is 0.0492 e. The summed E-state index contributed by atoms with van der Waals surface area (Å²) in [5.74, 6) is 0. The van der Waals surface area contributed by atoms with E-state index in [0.717, 1.165) is 47.2 Å². The molecule has 0 N–H and O–H groups in total. The van der Waals surface area contributed by atoms with Gasteiger partial charge in [-0.05, 0) is 159 Å². The van der Waals surface area contributed by atoms with Crippen LogP contribution in [0, 0.1) is 13.8 Å². The summed E-state index contributed by atoms with van der Waals surface area (Å²) in [4.78, 5) is 4.73. The molecule has 0 saturated carbocycles. The number of aromatic nitrogens is 2. The molecule has 0 radical (unpaired) electrons. The maximum Gasteiger partial charge on any atom is 0.0492 e. The molecule has 2 heterocycles. The first-order valence-corrected chi connectivity index (χ1v) is 21.1. The second kappa shape index (κ2) is 15.5. The van der Waals surface area contributed by atoms with E-state index in [9.17, 15) is 0 Å². The van der Waals surface area contributed by atoms with Crippen LogP contribution in [-0.2, 0) is 13.1 Å². The number of fused-ring (bicyclic) bond motifs is 6. The number of hydrogen-bond acceptors (Lipinski definition) is 2. The van der Waals surface area contributed by atoms with Crippen molar-refractivity contribution in [3.8, 4) is 0 Å². The van der Waals surface area contributed by atoms with Gasteiger partial charge in [0.05, 0.1) is 0 Å². The molecule has 10 rings (SSSR count). The molecular formula is C56H48N4. The number of nitrogens with zero attached hydrogens (tertiary/aromatic N) is 4. The van der Waals surface area contributed by atoms with E-state index < -0.39 is 0 Å². The summed E-state index contributed by atoms with van der Waals surface area (Å²) in [5, 5.41) is 5.04. The normalized spacial score (nSPS) is 11.7. The Balaban J connectivity index is 1.05. The highest BCUT2D eigenvalue weighted by Gasteiger charge is 2.18. The molecule has 0 aliphatic carbocycles. The minimum Gasteiger partial charge on any atom is -0.341 e. The Kier molecular flexibility index (Phi) is 9.54. The van der Waals surface area contributed by atoms with Crippen LogP contribution in [-0.4, -0.2) is 9.13 Å². The summed E-state index contributed by atoms with van der Waals surface area (Å²) in [6, 6.07) is 66.5. The van der Waals surface area contributed by atoms with Crippen molar-refractivity contribution in [1.82, 2.24) is 9.13 Å². The molecule has 292 valence electrons. The van der Waals surface area contributed by atoms with Crippen LogP contribution in [0.5, 0.6) is 0 Å². The zero-order valence-corrected chi connectivity index (χ0v) is 34.7. The molecule has 0 unspecified atom stereocenters. The molecule has 8 aromatic carbocycles. The molecule has 0 amide bonds. The lowest BCUT2D eigenvalue weighted by Gasteiger charge is -2.26. The van der Waals surface area contributed by atoms with E-state index in [0.29, 0.717) is 0 Å². The van der Waals surface area contributed by atoms with Crippen LogP contribution in [0.25, 0.3) is 55.8 Å². The van der Waals surface area contributed by atoms with Gasteiger partial charge in [-0.25, -0.2) is 0 Å². The van der Waals surface area contributed by atoms with Gasteiger partial charge in [-0.15, -0.1) is 0 Å². The van der Waals surface area contributed by atoms with Crippen LogP contribution in [0.2, 0.25) is 0 Å². The van der Waals surface area contributed by atoms with Crippen molar-refractivity contribution >= 4 is 89.9 Å². The van der Waals surface area contributed by atoms with Crippen molar-refractivity contribution in [1.29, 1.82) is 0 Å². The van der Waals surface area contributed by atoms with E-state index in [1.54, 1.807) is 0 Å². The van der Waals surface area contributed by atoms with Gasteiger partial charge in [-0.2, -0.15) is 0 Å². The van der Waals surface area contributed by atoms with Gasteiger partial charge in [0.2, 0.25) is 0 Å². The summed E-state index contributed by atoms with van der Waals surface area (Å²) in [7, 11) is 0. The lowest BCUT2D eigenvalue weighted by molar-refractivity contribution is 0.827. The number of para-hydroxylation sites is 2. The molecule has 0 spiro atoms. The third-order valence-corrected chi connectivity index (χ3v) is 11.9. The number of benzene rings is 8. The zero-order chi connectivity index (χ0) is 40.7. The molecule has 0 bridgehead atoms. The van der Waals surface area contributed by atoms with Crippen molar-refractivity contribution in [3.05, 3.63) is 204 Å². The van der Waals surface area contributed by atoms with Crippen molar-refractivity contribution in [2.24, 2.45) is 0 Å². The Morgan fingerprint density at radius 2 is 0.700 bits per heavy atom. The maximum absolute atomic E-state index is 2.44. The van der Waals surface area contributed by atoms with Gasteiger partial charge in [0.15, 0.2) is 0 Å². The third kappa shape index (κ3) is 6.60. The molecule has 0 atom stereocenters. The molecule has 0 saturated heterocycles. The largest absolute Gasteiger partial charge is 0.341 e. The Labute approximate surface area is 352 Å². The molecule has 4 nitrogen and oxygen atoms in total.